The summed E-state index contributed by atoms with van der Waals surface area (Å²) in [6.45, 7) is 3.09. The maximum Gasteiger partial charge on any atom is 0.242 e. The van der Waals surface area contributed by atoms with Gasteiger partial charge in [0.05, 0.1) is 12.0 Å². The summed E-state index contributed by atoms with van der Waals surface area (Å²) in [5.74, 6) is -0.127. The summed E-state index contributed by atoms with van der Waals surface area (Å²) in [5.41, 5.74) is -0.832. The average Bonchev–Trinajstić information content (AvgIpc) is 2.78. The highest BCUT2D eigenvalue weighted by Crippen LogP contribution is 2.33. The summed E-state index contributed by atoms with van der Waals surface area (Å²) < 4.78 is 0. The van der Waals surface area contributed by atoms with Crippen LogP contribution in [0.15, 0.2) is 0 Å². The molecule has 0 radical (unpaired) electrons. The lowest BCUT2D eigenvalue weighted by atomic mass is 9.96. The van der Waals surface area contributed by atoms with E-state index in [1.807, 2.05) is 6.92 Å². The van der Waals surface area contributed by atoms with E-state index in [-0.39, 0.29) is 24.3 Å². The smallest absolute Gasteiger partial charge is 0.242 e. The van der Waals surface area contributed by atoms with Crippen molar-refractivity contribution in [1.82, 2.24) is 10.2 Å². The van der Waals surface area contributed by atoms with Crippen LogP contribution < -0.4 is 5.32 Å². The molecule has 1 atom stereocenters. The second-order valence-electron chi connectivity index (χ2n) is 5.79. The number of amides is 2. The molecule has 0 aromatic carbocycles. The largest absolute Gasteiger partial charge is 0.389 e. The van der Waals surface area contributed by atoms with Crippen molar-refractivity contribution < 1.29 is 14.7 Å². The number of piperazine rings is 1. The fourth-order valence-corrected chi connectivity index (χ4v) is 3.17. The first-order chi connectivity index (χ1) is 9.06. The van der Waals surface area contributed by atoms with Crippen molar-refractivity contribution in [3.05, 3.63) is 0 Å². The van der Waals surface area contributed by atoms with E-state index in [1.54, 1.807) is 4.90 Å². The van der Waals surface area contributed by atoms with E-state index in [1.165, 1.54) is 0 Å². The van der Waals surface area contributed by atoms with Gasteiger partial charge in [0.25, 0.3) is 0 Å². The fourth-order valence-electron chi connectivity index (χ4n) is 3.17. The van der Waals surface area contributed by atoms with Gasteiger partial charge in [-0.2, -0.15) is 0 Å². The molecule has 2 aliphatic rings. The zero-order valence-corrected chi connectivity index (χ0v) is 11.7. The lowest BCUT2D eigenvalue weighted by Crippen LogP contribution is -2.57. The Labute approximate surface area is 114 Å². The topological polar surface area (TPSA) is 69.6 Å². The van der Waals surface area contributed by atoms with Crippen molar-refractivity contribution in [1.29, 1.82) is 0 Å². The minimum absolute atomic E-state index is 0.0557. The van der Waals surface area contributed by atoms with Gasteiger partial charge in [0.1, 0.15) is 6.04 Å². The molecule has 0 aromatic heterocycles. The zero-order valence-electron chi connectivity index (χ0n) is 11.7. The Morgan fingerprint density at radius 1 is 1.47 bits per heavy atom. The minimum atomic E-state index is -0.832. The summed E-state index contributed by atoms with van der Waals surface area (Å²) >= 11 is 0. The molecule has 2 N–H and O–H groups in total. The Kier molecular flexibility index (Phi) is 4.45. The predicted molar refractivity (Wildman–Crippen MR) is 71.5 cm³/mol. The van der Waals surface area contributed by atoms with E-state index in [4.69, 9.17) is 0 Å². The van der Waals surface area contributed by atoms with Crippen LogP contribution in [0.1, 0.15) is 51.9 Å². The Morgan fingerprint density at radius 3 is 2.79 bits per heavy atom. The van der Waals surface area contributed by atoms with Gasteiger partial charge in [-0.15, -0.1) is 0 Å². The molecule has 0 bridgehead atoms. The van der Waals surface area contributed by atoms with Gasteiger partial charge in [-0.1, -0.05) is 26.2 Å². The molecule has 1 aliphatic carbocycles. The van der Waals surface area contributed by atoms with Crippen LogP contribution in [-0.2, 0) is 9.59 Å². The van der Waals surface area contributed by atoms with Crippen LogP contribution in [-0.4, -0.2) is 46.6 Å². The standard InChI is InChI=1S/C14H24N2O3/c1-2-5-11-13(18)15-8-9-16(11)12(17)10-14(19)6-3-4-7-14/h11,19H,2-10H2,1H3,(H,15,18). The normalized spacial score (nSPS) is 26.3. The average molecular weight is 268 g/mol. The number of hydrogen-bond donors (Lipinski definition) is 2. The highest BCUT2D eigenvalue weighted by Gasteiger charge is 2.38. The van der Waals surface area contributed by atoms with E-state index < -0.39 is 5.60 Å². The van der Waals surface area contributed by atoms with E-state index >= 15 is 0 Å². The summed E-state index contributed by atoms with van der Waals surface area (Å²) in [5, 5.41) is 13.1. The monoisotopic (exact) mass is 268 g/mol. The molecule has 1 heterocycles. The third-order valence-electron chi connectivity index (χ3n) is 4.23. The molecule has 2 amide bonds. The maximum absolute atomic E-state index is 12.4. The third-order valence-corrected chi connectivity index (χ3v) is 4.23. The lowest BCUT2D eigenvalue weighted by molar-refractivity contribution is -0.147. The van der Waals surface area contributed by atoms with Crippen molar-refractivity contribution in [2.24, 2.45) is 0 Å². The van der Waals surface area contributed by atoms with Gasteiger partial charge in [0.15, 0.2) is 0 Å². The van der Waals surface area contributed by atoms with Gasteiger partial charge < -0.3 is 15.3 Å². The van der Waals surface area contributed by atoms with Crippen LogP contribution in [0.3, 0.4) is 0 Å². The van der Waals surface area contributed by atoms with Gasteiger partial charge >= 0.3 is 0 Å². The maximum atomic E-state index is 12.4. The number of nitrogens with zero attached hydrogens (tertiary/aromatic N) is 1. The minimum Gasteiger partial charge on any atom is -0.389 e. The molecule has 1 saturated heterocycles. The highest BCUT2D eigenvalue weighted by molar-refractivity contribution is 5.89. The molecular formula is C14H24N2O3. The van der Waals surface area contributed by atoms with E-state index in [0.29, 0.717) is 32.4 Å². The molecule has 5 heteroatoms. The van der Waals surface area contributed by atoms with Crippen LogP contribution in [0.25, 0.3) is 0 Å². The van der Waals surface area contributed by atoms with Gasteiger partial charge in [-0.05, 0) is 19.3 Å². The number of rotatable bonds is 4. The summed E-state index contributed by atoms with van der Waals surface area (Å²) in [4.78, 5) is 25.9. The predicted octanol–water partition coefficient (Wildman–Crippen LogP) is 0.809. The molecule has 0 aromatic rings. The Balaban J connectivity index is 2.01. The van der Waals surface area contributed by atoms with Crippen LogP contribution >= 0.6 is 0 Å². The molecule has 108 valence electrons. The van der Waals surface area contributed by atoms with Crippen LogP contribution in [0.2, 0.25) is 0 Å². The SMILES string of the molecule is CCCC1C(=O)NCCN1C(=O)CC1(O)CCCC1. The number of hydrogen-bond acceptors (Lipinski definition) is 3. The molecule has 1 saturated carbocycles. The van der Waals surface area contributed by atoms with Crippen LogP contribution in [0, 0.1) is 0 Å². The second-order valence-corrected chi connectivity index (χ2v) is 5.79. The zero-order chi connectivity index (χ0) is 13.9. The summed E-state index contributed by atoms with van der Waals surface area (Å²) in [6.07, 6.45) is 5.11. The number of aliphatic hydroxyl groups is 1. The number of carbonyl (C=O) groups excluding carboxylic acids is 2. The molecule has 2 rings (SSSR count). The first-order valence-electron chi connectivity index (χ1n) is 7.35. The number of nitrogens with one attached hydrogen (secondary N) is 1. The fraction of sp³-hybridized carbons (Fsp3) is 0.857. The van der Waals surface area contributed by atoms with Crippen LogP contribution in [0.5, 0.6) is 0 Å². The quantitative estimate of drug-likeness (QED) is 0.792. The molecule has 2 fully saturated rings. The summed E-state index contributed by atoms with van der Waals surface area (Å²) in [7, 11) is 0. The molecular weight excluding hydrogens is 244 g/mol. The Hall–Kier alpha value is -1.10. The molecule has 5 nitrogen and oxygen atoms in total. The second kappa shape index (κ2) is 5.90. The van der Waals surface area contributed by atoms with E-state index in [9.17, 15) is 14.7 Å². The molecule has 19 heavy (non-hydrogen) atoms. The molecule has 1 aliphatic heterocycles. The molecule has 1 unspecified atom stereocenters. The lowest BCUT2D eigenvalue weighted by Gasteiger charge is -2.36. The molecule has 0 spiro atoms. The van der Waals surface area contributed by atoms with Crippen molar-refractivity contribution in [3.63, 3.8) is 0 Å². The van der Waals surface area contributed by atoms with Crippen molar-refractivity contribution in [3.8, 4) is 0 Å². The van der Waals surface area contributed by atoms with Gasteiger partial charge in [0.2, 0.25) is 11.8 Å². The van der Waals surface area contributed by atoms with E-state index in [2.05, 4.69) is 5.32 Å². The van der Waals surface area contributed by atoms with Crippen LogP contribution in [0.4, 0.5) is 0 Å². The highest BCUT2D eigenvalue weighted by atomic mass is 16.3. The van der Waals surface area contributed by atoms with Gasteiger partial charge in [0, 0.05) is 13.1 Å². The number of carbonyl (C=O) groups is 2. The summed E-state index contributed by atoms with van der Waals surface area (Å²) in [6, 6.07) is -0.351. The van der Waals surface area contributed by atoms with Gasteiger partial charge in [-0.3, -0.25) is 9.59 Å². The van der Waals surface area contributed by atoms with Crippen molar-refractivity contribution in [2.45, 2.75) is 63.5 Å². The first kappa shape index (κ1) is 14.3. The van der Waals surface area contributed by atoms with E-state index in [0.717, 1.165) is 19.3 Å². The third kappa shape index (κ3) is 3.26. The Morgan fingerprint density at radius 2 is 2.16 bits per heavy atom. The van der Waals surface area contributed by atoms with Gasteiger partial charge in [-0.25, -0.2) is 0 Å². The first-order valence-corrected chi connectivity index (χ1v) is 7.35. The Bertz CT molecular complexity index is 351. The van der Waals surface area contributed by atoms with Crippen molar-refractivity contribution >= 4 is 11.8 Å². The van der Waals surface area contributed by atoms with Crippen molar-refractivity contribution in [2.75, 3.05) is 13.1 Å².